The Morgan fingerprint density at radius 1 is 1.40 bits per heavy atom. The second-order valence-corrected chi connectivity index (χ2v) is 8.09. The number of aromatic nitrogens is 2. The zero-order valence-corrected chi connectivity index (χ0v) is 16.3. The number of nitrogens with one attached hydrogen (secondary N) is 2. The summed E-state index contributed by atoms with van der Waals surface area (Å²) in [5, 5.41) is 6.05. The van der Waals surface area contributed by atoms with Gasteiger partial charge in [0.05, 0.1) is 0 Å². The van der Waals surface area contributed by atoms with E-state index in [-0.39, 0.29) is 17.6 Å². The lowest BCUT2D eigenvalue weighted by molar-refractivity contribution is 0.221. The van der Waals surface area contributed by atoms with Crippen molar-refractivity contribution >= 4 is 17.8 Å². The molecule has 0 aliphatic carbocycles. The molecule has 25 heavy (non-hydrogen) atoms. The molecule has 7 nitrogen and oxygen atoms in total. The molecule has 1 aliphatic rings. The third kappa shape index (κ3) is 5.76. The summed E-state index contributed by atoms with van der Waals surface area (Å²) in [6, 6.07) is 1.97. The van der Waals surface area contributed by atoms with Crippen LogP contribution in [0.1, 0.15) is 40.5 Å². The van der Waals surface area contributed by atoms with Gasteiger partial charge < -0.3 is 20.4 Å². The predicted octanol–water partition coefficient (Wildman–Crippen LogP) is 2.25. The predicted molar refractivity (Wildman–Crippen MR) is 102 cm³/mol. The molecular formula is C18H32N6O. The average molecular weight is 348 g/mol. The van der Waals surface area contributed by atoms with E-state index in [0.717, 1.165) is 37.7 Å². The number of hydrogen-bond donors (Lipinski definition) is 2. The second-order valence-electron chi connectivity index (χ2n) is 8.09. The van der Waals surface area contributed by atoms with Gasteiger partial charge in [0.1, 0.15) is 5.82 Å². The van der Waals surface area contributed by atoms with Crippen LogP contribution in [0, 0.1) is 5.92 Å². The molecule has 0 aromatic carbocycles. The number of nitrogens with zero attached hydrogens (tertiary/aromatic N) is 4. The normalized spacial score (nSPS) is 19.3. The topological polar surface area (TPSA) is 73.4 Å². The third-order valence-electron chi connectivity index (χ3n) is 4.36. The Bertz CT molecular complexity index is 583. The monoisotopic (exact) mass is 348 g/mol. The summed E-state index contributed by atoms with van der Waals surface area (Å²) in [5.74, 6) is 2.07. The number of amides is 2. The van der Waals surface area contributed by atoms with Crippen molar-refractivity contribution in [2.45, 2.75) is 52.1 Å². The molecule has 1 aromatic rings. The number of hydrogen-bond acceptors (Lipinski definition) is 5. The van der Waals surface area contributed by atoms with Crippen LogP contribution in [0.4, 0.5) is 16.6 Å². The lowest BCUT2D eigenvalue weighted by Gasteiger charge is -2.37. The molecule has 1 fully saturated rings. The van der Waals surface area contributed by atoms with Gasteiger partial charge in [-0.05, 0) is 52.5 Å². The highest BCUT2D eigenvalue weighted by atomic mass is 16.2. The first-order valence-electron chi connectivity index (χ1n) is 9.00. The Hall–Kier alpha value is -2.05. The van der Waals surface area contributed by atoms with Crippen molar-refractivity contribution in [2.75, 3.05) is 37.0 Å². The fourth-order valence-electron chi connectivity index (χ4n) is 3.06. The minimum atomic E-state index is -0.230. The van der Waals surface area contributed by atoms with E-state index in [0.29, 0.717) is 5.92 Å². The highest BCUT2D eigenvalue weighted by Crippen LogP contribution is 2.24. The maximum atomic E-state index is 12.1. The van der Waals surface area contributed by atoms with E-state index in [1.54, 1.807) is 6.20 Å². The van der Waals surface area contributed by atoms with Crippen molar-refractivity contribution in [2.24, 2.45) is 5.92 Å². The smallest absolute Gasteiger partial charge is 0.315 e. The van der Waals surface area contributed by atoms with E-state index in [9.17, 15) is 4.79 Å². The van der Waals surface area contributed by atoms with Gasteiger partial charge in [-0.2, -0.15) is 4.98 Å². The summed E-state index contributed by atoms with van der Waals surface area (Å²) in [5.41, 5.74) is -0.230. The standard InChI is InChI=1S/C18H32N6O/c1-13(20-17(25)22-18(2,3)4)14-8-7-11-24(12-14)15-9-10-19-16(21-15)23(5)6/h9-10,13-14H,7-8,11-12H2,1-6H3,(H2,20,22,25). The maximum Gasteiger partial charge on any atom is 0.315 e. The summed E-state index contributed by atoms with van der Waals surface area (Å²) < 4.78 is 0. The fraction of sp³-hybridized carbons (Fsp3) is 0.722. The number of urea groups is 1. The molecule has 0 spiro atoms. The lowest BCUT2D eigenvalue weighted by atomic mass is 9.91. The van der Waals surface area contributed by atoms with E-state index in [4.69, 9.17) is 0 Å². The molecule has 2 atom stereocenters. The Morgan fingerprint density at radius 2 is 2.12 bits per heavy atom. The highest BCUT2D eigenvalue weighted by Gasteiger charge is 2.27. The number of piperidine rings is 1. The highest BCUT2D eigenvalue weighted by molar-refractivity contribution is 5.75. The van der Waals surface area contributed by atoms with Crippen LogP contribution in [0.15, 0.2) is 12.3 Å². The van der Waals surface area contributed by atoms with Gasteiger partial charge in [-0.1, -0.05) is 0 Å². The summed E-state index contributed by atoms with van der Waals surface area (Å²) >= 11 is 0. The van der Waals surface area contributed by atoms with Crippen LogP contribution in [0.3, 0.4) is 0 Å². The number of rotatable bonds is 4. The van der Waals surface area contributed by atoms with Crippen LogP contribution in [-0.2, 0) is 0 Å². The first-order chi connectivity index (χ1) is 11.7. The van der Waals surface area contributed by atoms with E-state index < -0.39 is 0 Å². The van der Waals surface area contributed by atoms with Gasteiger partial charge in [-0.25, -0.2) is 9.78 Å². The first-order valence-corrected chi connectivity index (χ1v) is 9.00. The summed E-state index contributed by atoms with van der Waals surface area (Å²) in [7, 11) is 3.88. The van der Waals surface area contributed by atoms with Crippen molar-refractivity contribution in [1.82, 2.24) is 20.6 Å². The average Bonchev–Trinajstić information content (AvgIpc) is 2.53. The molecule has 1 saturated heterocycles. The van der Waals surface area contributed by atoms with Crippen molar-refractivity contribution in [3.05, 3.63) is 12.3 Å². The Morgan fingerprint density at radius 3 is 2.76 bits per heavy atom. The quantitative estimate of drug-likeness (QED) is 0.873. The second kappa shape index (κ2) is 7.89. The minimum Gasteiger partial charge on any atom is -0.356 e. The van der Waals surface area contributed by atoms with Crippen LogP contribution in [0.25, 0.3) is 0 Å². The molecule has 7 heteroatoms. The first kappa shape index (κ1) is 19.3. The largest absolute Gasteiger partial charge is 0.356 e. The Balaban J connectivity index is 1.98. The SMILES string of the molecule is CC(NC(=O)NC(C)(C)C)C1CCCN(c2ccnc(N(C)C)n2)C1. The fourth-order valence-corrected chi connectivity index (χ4v) is 3.06. The van der Waals surface area contributed by atoms with Crippen molar-refractivity contribution < 1.29 is 4.79 Å². The van der Waals surface area contributed by atoms with E-state index in [2.05, 4.69) is 32.4 Å². The van der Waals surface area contributed by atoms with Crippen molar-refractivity contribution in [1.29, 1.82) is 0 Å². The summed E-state index contributed by atoms with van der Waals surface area (Å²) in [6.07, 6.45) is 4.01. The zero-order chi connectivity index (χ0) is 18.6. The molecule has 2 unspecified atom stereocenters. The molecule has 0 bridgehead atoms. The molecule has 0 saturated carbocycles. The lowest BCUT2D eigenvalue weighted by Crippen LogP contribution is -2.52. The van der Waals surface area contributed by atoms with Crippen LogP contribution >= 0.6 is 0 Å². The van der Waals surface area contributed by atoms with Crippen molar-refractivity contribution in [3.63, 3.8) is 0 Å². The van der Waals surface area contributed by atoms with E-state index in [1.165, 1.54) is 0 Å². The van der Waals surface area contributed by atoms with E-state index in [1.807, 2.05) is 45.8 Å². The summed E-state index contributed by atoms with van der Waals surface area (Å²) in [4.78, 5) is 25.2. The molecule has 140 valence electrons. The molecule has 2 rings (SSSR count). The molecule has 1 aromatic heterocycles. The van der Waals surface area contributed by atoms with Gasteiger partial charge in [-0.3, -0.25) is 0 Å². The molecule has 1 aliphatic heterocycles. The minimum absolute atomic E-state index is 0.103. The van der Waals surface area contributed by atoms with E-state index >= 15 is 0 Å². The molecule has 0 radical (unpaired) electrons. The Labute approximate surface area is 151 Å². The molecule has 2 N–H and O–H groups in total. The van der Waals surface area contributed by atoms with Gasteiger partial charge in [0.15, 0.2) is 0 Å². The van der Waals surface area contributed by atoms with Gasteiger partial charge in [-0.15, -0.1) is 0 Å². The van der Waals surface area contributed by atoms with Crippen LogP contribution < -0.4 is 20.4 Å². The van der Waals surface area contributed by atoms with Crippen LogP contribution in [-0.4, -0.2) is 54.8 Å². The number of carbonyl (C=O) groups is 1. The Kier molecular flexibility index (Phi) is 6.08. The zero-order valence-electron chi connectivity index (χ0n) is 16.3. The maximum absolute atomic E-state index is 12.1. The third-order valence-corrected chi connectivity index (χ3v) is 4.36. The molecule has 2 heterocycles. The molecular weight excluding hydrogens is 316 g/mol. The van der Waals surface area contributed by atoms with Crippen LogP contribution in [0.2, 0.25) is 0 Å². The molecule has 2 amide bonds. The van der Waals surface area contributed by atoms with Gasteiger partial charge in [0, 0.05) is 45.0 Å². The van der Waals surface area contributed by atoms with Gasteiger partial charge in [0.2, 0.25) is 5.95 Å². The number of anilines is 2. The number of carbonyl (C=O) groups excluding carboxylic acids is 1. The van der Waals surface area contributed by atoms with Crippen LogP contribution in [0.5, 0.6) is 0 Å². The van der Waals surface area contributed by atoms with Gasteiger partial charge in [0.25, 0.3) is 0 Å². The van der Waals surface area contributed by atoms with Crippen molar-refractivity contribution in [3.8, 4) is 0 Å². The van der Waals surface area contributed by atoms with Gasteiger partial charge >= 0.3 is 6.03 Å². The summed E-state index contributed by atoms with van der Waals surface area (Å²) in [6.45, 7) is 9.91.